The van der Waals surface area contributed by atoms with E-state index in [1.807, 2.05) is 69.3 Å². The van der Waals surface area contributed by atoms with Gasteiger partial charge in [-0.25, -0.2) is 4.79 Å². The minimum absolute atomic E-state index is 0.108. The predicted octanol–water partition coefficient (Wildman–Crippen LogP) is 4.65. The van der Waals surface area contributed by atoms with Crippen LogP contribution in [0.25, 0.3) is 0 Å². The average molecular weight is 339 g/mol. The molecule has 0 heterocycles. The van der Waals surface area contributed by atoms with Gasteiger partial charge in [-0.3, -0.25) is 0 Å². The highest BCUT2D eigenvalue weighted by Crippen LogP contribution is 2.44. The lowest BCUT2D eigenvalue weighted by Gasteiger charge is -2.19. The second kappa shape index (κ2) is 7.18. The van der Waals surface area contributed by atoms with Crippen LogP contribution in [-0.2, 0) is 11.3 Å². The molecule has 4 heteroatoms. The van der Waals surface area contributed by atoms with Crippen LogP contribution in [0.1, 0.15) is 44.2 Å². The molecule has 25 heavy (non-hydrogen) atoms. The van der Waals surface area contributed by atoms with Crippen molar-refractivity contribution in [2.24, 2.45) is 0 Å². The second-order valence-corrected chi connectivity index (χ2v) is 7.41. The summed E-state index contributed by atoms with van der Waals surface area (Å²) in [7, 11) is 0. The Morgan fingerprint density at radius 1 is 1.08 bits per heavy atom. The summed E-state index contributed by atoms with van der Waals surface area (Å²) in [6, 6.07) is 18.3. The van der Waals surface area contributed by atoms with Crippen molar-refractivity contribution in [2.75, 3.05) is 0 Å². The largest absolute Gasteiger partial charge is 0.489 e. The fourth-order valence-corrected chi connectivity index (χ4v) is 2.81. The van der Waals surface area contributed by atoms with Gasteiger partial charge in [0, 0.05) is 12.0 Å². The molecule has 0 bridgehead atoms. The molecular weight excluding hydrogens is 314 g/mol. The van der Waals surface area contributed by atoms with Crippen LogP contribution in [0.4, 0.5) is 4.79 Å². The number of hydrogen-bond donors (Lipinski definition) is 1. The van der Waals surface area contributed by atoms with Gasteiger partial charge in [-0.1, -0.05) is 48.5 Å². The first-order valence-electron chi connectivity index (χ1n) is 8.67. The van der Waals surface area contributed by atoms with Crippen LogP contribution in [0.15, 0.2) is 54.6 Å². The highest BCUT2D eigenvalue weighted by atomic mass is 16.6. The van der Waals surface area contributed by atoms with E-state index in [1.54, 1.807) is 0 Å². The standard InChI is InChI=1S/C21H25NO3/c1-21(2,3)25-20(23)22-18-13-17(18)16-11-7-8-12-19(16)24-14-15-9-5-4-6-10-15/h4-12,17-18H,13-14H2,1-3H3,(H,22,23)/t17-,18+/m0/s1. The number of hydrogen-bond acceptors (Lipinski definition) is 3. The molecule has 1 aliphatic rings. The Bertz CT molecular complexity index is 721. The Kier molecular flexibility index (Phi) is 4.98. The van der Waals surface area contributed by atoms with E-state index in [9.17, 15) is 4.79 Å². The monoisotopic (exact) mass is 339 g/mol. The molecule has 2 aromatic carbocycles. The summed E-state index contributed by atoms with van der Waals surface area (Å²) >= 11 is 0. The summed E-state index contributed by atoms with van der Waals surface area (Å²) in [4.78, 5) is 11.9. The van der Waals surface area contributed by atoms with Crippen molar-refractivity contribution in [3.63, 3.8) is 0 Å². The molecule has 4 nitrogen and oxygen atoms in total. The summed E-state index contributed by atoms with van der Waals surface area (Å²) in [6.07, 6.45) is 0.549. The van der Waals surface area contributed by atoms with Crippen molar-refractivity contribution < 1.29 is 14.3 Å². The van der Waals surface area contributed by atoms with Gasteiger partial charge in [0.15, 0.2) is 0 Å². The topological polar surface area (TPSA) is 47.6 Å². The first kappa shape index (κ1) is 17.3. The van der Waals surface area contributed by atoms with Crippen LogP contribution in [0.2, 0.25) is 0 Å². The fourth-order valence-electron chi connectivity index (χ4n) is 2.81. The minimum atomic E-state index is -0.481. The SMILES string of the molecule is CC(C)(C)OC(=O)N[C@@H]1C[C@H]1c1ccccc1OCc1ccccc1. The average Bonchev–Trinajstić information content (AvgIpc) is 3.31. The fraction of sp³-hybridized carbons (Fsp3) is 0.381. The summed E-state index contributed by atoms with van der Waals surface area (Å²) in [5, 5.41) is 2.94. The molecule has 0 aromatic heterocycles. The Morgan fingerprint density at radius 3 is 2.48 bits per heavy atom. The van der Waals surface area contributed by atoms with Crippen LogP contribution in [0.5, 0.6) is 5.75 Å². The molecule has 2 aromatic rings. The van der Waals surface area contributed by atoms with E-state index in [2.05, 4.69) is 11.4 Å². The van der Waals surface area contributed by atoms with Gasteiger partial charge in [-0.15, -0.1) is 0 Å². The van der Waals surface area contributed by atoms with Gasteiger partial charge >= 0.3 is 6.09 Å². The quantitative estimate of drug-likeness (QED) is 0.863. The van der Waals surface area contributed by atoms with E-state index < -0.39 is 5.60 Å². The zero-order chi connectivity index (χ0) is 17.9. The number of rotatable bonds is 5. The Labute approximate surface area is 149 Å². The van der Waals surface area contributed by atoms with E-state index >= 15 is 0 Å². The molecule has 1 saturated carbocycles. The van der Waals surface area contributed by atoms with E-state index in [0.29, 0.717) is 6.61 Å². The molecule has 0 saturated heterocycles. The van der Waals surface area contributed by atoms with Crippen molar-refractivity contribution in [2.45, 2.75) is 51.4 Å². The van der Waals surface area contributed by atoms with E-state index in [-0.39, 0.29) is 18.1 Å². The number of amides is 1. The number of carbonyl (C=O) groups is 1. The number of carbonyl (C=O) groups excluding carboxylic acids is 1. The molecule has 1 amide bonds. The first-order chi connectivity index (χ1) is 11.9. The van der Waals surface area contributed by atoms with Gasteiger partial charge in [-0.2, -0.15) is 0 Å². The molecule has 1 N–H and O–H groups in total. The maximum Gasteiger partial charge on any atom is 0.407 e. The number of para-hydroxylation sites is 1. The third kappa shape index (κ3) is 4.99. The molecule has 0 spiro atoms. The molecule has 1 fully saturated rings. The molecule has 3 rings (SSSR count). The summed E-state index contributed by atoms with van der Waals surface area (Å²) in [5.74, 6) is 1.16. The Hall–Kier alpha value is -2.49. The number of ether oxygens (including phenoxy) is 2. The molecule has 2 atom stereocenters. The first-order valence-corrected chi connectivity index (χ1v) is 8.67. The highest BCUT2D eigenvalue weighted by molar-refractivity contribution is 5.69. The molecule has 0 unspecified atom stereocenters. The van der Waals surface area contributed by atoms with Crippen LogP contribution >= 0.6 is 0 Å². The van der Waals surface area contributed by atoms with E-state index in [4.69, 9.17) is 9.47 Å². The van der Waals surface area contributed by atoms with Crippen LogP contribution in [0.3, 0.4) is 0 Å². The predicted molar refractivity (Wildman–Crippen MR) is 97.7 cm³/mol. The Morgan fingerprint density at radius 2 is 1.76 bits per heavy atom. The van der Waals surface area contributed by atoms with Gasteiger partial charge in [0.1, 0.15) is 18.0 Å². The maximum absolute atomic E-state index is 11.9. The van der Waals surface area contributed by atoms with Gasteiger partial charge in [0.25, 0.3) is 0 Å². The van der Waals surface area contributed by atoms with E-state index in [1.165, 1.54) is 0 Å². The van der Waals surface area contributed by atoms with Crippen molar-refractivity contribution >= 4 is 6.09 Å². The van der Waals surface area contributed by atoms with Crippen LogP contribution in [0, 0.1) is 0 Å². The van der Waals surface area contributed by atoms with Gasteiger partial charge in [-0.05, 0) is 44.4 Å². The lowest BCUT2D eigenvalue weighted by atomic mass is 10.1. The lowest BCUT2D eigenvalue weighted by Crippen LogP contribution is -2.34. The zero-order valence-corrected chi connectivity index (χ0v) is 15.0. The highest BCUT2D eigenvalue weighted by Gasteiger charge is 2.41. The zero-order valence-electron chi connectivity index (χ0n) is 15.0. The Balaban J connectivity index is 1.59. The normalized spacial score (nSPS) is 19.2. The van der Waals surface area contributed by atoms with Crippen LogP contribution < -0.4 is 10.1 Å². The van der Waals surface area contributed by atoms with Gasteiger partial charge in [0.05, 0.1) is 0 Å². The number of nitrogens with one attached hydrogen (secondary N) is 1. The van der Waals surface area contributed by atoms with Crippen LogP contribution in [-0.4, -0.2) is 17.7 Å². The summed E-state index contributed by atoms with van der Waals surface area (Å²) in [5.41, 5.74) is 1.79. The van der Waals surface area contributed by atoms with Gasteiger partial charge < -0.3 is 14.8 Å². The molecular formula is C21H25NO3. The number of alkyl carbamates (subject to hydrolysis) is 1. The molecule has 0 aliphatic heterocycles. The summed E-state index contributed by atoms with van der Waals surface area (Å²) < 4.78 is 11.3. The van der Waals surface area contributed by atoms with Crippen molar-refractivity contribution in [1.29, 1.82) is 0 Å². The van der Waals surface area contributed by atoms with E-state index in [0.717, 1.165) is 23.3 Å². The molecule has 132 valence electrons. The van der Waals surface area contributed by atoms with Gasteiger partial charge in [0.2, 0.25) is 0 Å². The van der Waals surface area contributed by atoms with Crippen molar-refractivity contribution in [3.8, 4) is 5.75 Å². The third-order valence-electron chi connectivity index (χ3n) is 4.05. The smallest absolute Gasteiger partial charge is 0.407 e. The second-order valence-electron chi connectivity index (χ2n) is 7.41. The summed E-state index contributed by atoms with van der Waals surface area (Å²) in [6.45, 7) is 6.13. The molecule has 0 radical (unpaired) electrons. The minimum Gasteiger partial charge on any atom is -0.489 e. The molecule has 1 aliphatic carbocycles. The lowest BCUT2D eigenvalue weighted by molar-refractivity contribution is 0.0522. The maximum atomic E-state index is 11.9. The van der Waals surface area contributed by atoms with Crippen molar-refractivity contribution in [1.82, 2.24) is 5.32 Å². The van der Waals surface area contributed by atoms with Crippen molar-refractivity contribution in [3.05, 3.63) is 65.7 Å². The number of benzene rings is 2. The third-order valence-corrected chi connectivity index (χ3v) is 4.05.